The molecule has 0 radical (unpaired) electrons. The number of benzene rings is 1. The van der Waals surface area contributed by atoms with Crippen molar-refractivity contribution in [2.24, 2.45) is 33.8 Å². The third-order valence-electron chi connectivity index (χ3n) is 5.75. The molecule has 0 spiro atoms. The fourth-order valence-electron chi connectivity index (χ4n) is 3.61. The van der Waals surface area contributed by atoms with Crippen LogP contribution in [-0.2, 0) is 30.4 Å². The number of amides is 4. The fraction of sp³-hybridized carbons (Fsp3) is 0.520. The minimum atomic E-state index is -1.38. The molecular weight excluding hydrogens is 508 g/mol. The molecule has 0 aromatic heterocycles. The maximum Gasteiger partial charge on any atom is 0.326 e. The van der Waals surface area contributed by atoms with Gasteiger partial charge in [-0.2, -0.15) is 0 Å². The third kappa shape index (κ3) is 12.7. The zero-order chi connectivity index (χ0) is 29.5. The van der Waals surface area contributed by atoms with Gasteiger partial charge in [0.25, 0.3) is 0 Å². The molecule has 14 nitrogen and oxygen atoms in total. The first kappa shape index (κ1) is 32.8. The number of aliphatic carboxylic acids is 1. The molecule has 39 heavy (non-hydrogen) atoms. The number of carbonyl (C=O) groups is 5. The van der Waals surface area contributed by atoms with Crippen molar-refractivity contribution in [3.63, 3.8) is 0 Å². The maximum atomic E-state index is 13.2. The van der Waals surface area contributed by atoms with Gasteiger partial charge in [0.2, 0.25) is 23.6 Å². The molecule has 1 rings (SSSR count). The number of aliphatic imine (C=N–C) groups is 1. The monoisotopic (exact) mass is 548 g/mol. The van der Waals surface area contributed by atoms with E-state index in [0.717, 1.165) is 5.56 Å². The summed E-state index contributed by atoms with van der Waals surface area (Å²) in [6.07, 6.45) is 0.251. The highest BCUT2D eigenvalue weighted by molar-refractivity contribution is 5.94. The highest BCUT2D eigenvalue weighted by Crippen LogP contribution is 2.08. The Kier molecular flexibility index (Phi) is 14.0. The Labute approximate surface area is 227 Å². The Balaban J connectivity index is 2.99. The summed E-state index contributed by atoms with van der Waals surface area (Å²) in [5, 5.41) is 17.0. The van der Waals surface area contributed by atoms with Crippen LogP contribution in [0.3, 0.4) is 0 Å². The first-order valence-electron chi connectivity index (χ1n) is 12.6. The molecule has 0 saturated carbocycles. The second kappa shape index (κ2) is 16.6. The zero-order valence-electron chi connectivity index (χ0n) is 22.3. The quantitative estimate of drug-likeness (QED) is 0.0611. The van der Waals surface area contributed by atoms with Gasteiger partial charge in [0.1, 0.15) is 18.1 Å². The zero-order valence-corrected chi connectivity index (χ0v) is 22.3. The van der Waals surface area contributed by atoms with Crippen molar-refractivity contribution in [3.8, 4) is 0 Å². The summed E-state index contributed by atoms with van der Waals surface area (Å²) < 4.78 is 0. The van der Waals surface area contributed by atoms with Crippen LogP contribution in [-0.4, -0.2) is 71.4 Å². The summed E-state index contributed by atoms with van der Waals surface area (Å²) in [7, 11) is 0. The largest absolute Gasteiger partial charge is 0.480 e. The van der Waals surface area contributed by atoms with Gasteiger partial charge in [-0.25, -0.2) is 4.79 Å². The number of hydrogen-bond donors (Lipinski definition) is 8. The molecule has 4 atom stereocenters. The lowest BCUT2D eigenvalue weighted by Gasteiger charge is -2.27. The lowest BCUT2D eigenvalue weighted by Crippen LogP contribution is -2.58. The molecular formula is C25H40N8O6. The molecule has 0 aliphatic heterocycles. The predicted molar refractivity (Wildman–Crippen MR) is 145 cm³/mol. The van der Waals surface area contributed by atoms with Gasteiger partial charge in [0.05, 0.1) is 6.04 Å². The summed E-state index contributed by atoms with van der Waals surface area (Å²) >= 11 is 0. The van der Waals surface area contributed by atoms with Crippen molar-refractivity contribution in [1.29, 1.82) is 0 Å². The van der Waals surface area contributed by atoms with E-state index in [-0.39, 0.29) is 38.2 Å². The minimum absolute atomic E-state index is 0.120. The first-order valence-corrected chi connectivity index (χ1v) is 12.6. The van der Waals surface area contributed by atoms with E-state index in [1.54, 1.807) is 13.8 Å². The predicted octanol–water partition coefficient (Wildman–Crippen LogP) is -1.93. The first-order chi connectivity index (χ1) is 18.3. The van der Waals surface area contributed by atoms with Crippen LogP contribution in [0.1, 0.15) is 45.1 Å². The van der Waals surface area contributed by atoms with Gasteiger partial charge >= 0.3 is 5.97 Å². The van der Waals surface area contributed by atoms with Gasteiger partial charge in [-0.3, -0.25) is 24.2 Å². The van der Waals surface area contributed by atoms with Gasteiger partial charge < -0.3 is 44.0 Å². The molecule has 0 fully saturated rings. The van der Waals surface area contributed by atoms with E-state index in [4.69, 9.17) is 22.9 Å². The Bertz CT molecular complexity index is 1010. The minimum Gasteiger partial charge on any atom is -0.480 e. The number of rotatable bonds is 17. The van der Waals surface area contributed by atoms with E-state index in [1.165, 1.54) is 0 Å². The lowest BCUT2D eigenvalue weighted by molar-refractivity contribution is -0.143. The summed E-state index contributed by atoms with van der Waals surface area (Å²) in [6, 6.07) is 4.60. The second-order valence-electron chi connectivity index (χ2n) is 9.44. The Morgan fingerprint density at radius 1 is 0.872 bits per heavy atom. The molecule has 4 unspecified atom stereocenters. The van der Waals surface area contributed by atoms with E-state index >= 15 is 0 Å². The van der Waals surface area contributed by atoms with E-state index in [2.05, 4.69) is 20.9 Å². The topological polar surface area (TPSA) is 258 Å². The Morgan fingerprint density at radius 2 is 1.49 bits per heavy atom. The number of nitrogens with one attached hydrogen (secondary N) is 3. The third-order valence-corrected chi connectivity index (χ3v) is 5.75. The van der Waals surface area contributed by atoms with Crippen LogP contribution in [0.15, 0.2) is 35.3 Å². The molecule has 0 heterocycles. The van der Waals surface area contributed by atoms with Crippen LogP contribution >= 0.6 is 0 Å². The number of hydrogen-bond acceptors (Lipinski definition) is 7. The molecule has 216 valence electrons. The summed E-state index contributed by atoms with van der Waals surface area (Å²) in [5.41, 5.74) is 22.7. The van der Waals surface area contributed by atoms with Crippen LogP contribution in [0.25, 0.3) is 0 Å². The number of guanidine groups is 1. The number of nitrogens with zero attached hydrogens (tertiary/aromatic N) is 1. The van der Waals surface area contributed by atoms with Gasteiger partial charge in [-0.1, -0.05) is 44.2 Å². The van der Waals surface area contributed by atoms with Crippen LogP contribution in [0, 0.1) is 5.92 Å². The number of carboxylic acid groups (broad SMARTS) is 1. The van der Waals surface area contributed by atoms with Crippen molar-refractivity contribution in [1.82, 2.24) is 16.0 Å². The summed E-state index contributed by atoms with van der Waals surface area (Å²) in [6.45, 7) is 3.52. The van der Waals surface area contributed by atoms with Crippen molar-refractivity contribution < 1.29 is 29.1 Å². The number of carbonyl (C=O) groups excluding carboxylic acids is 4. The van der Waals surface area contributed by atoms with Crippen molar-refractivity contribution in [2.45, 2.75) is 70.1 Å². The van der Waals surface area contributed by atoms with Crippen molar-refractivity contribution in [3.05, 3.63) is 35.9 Å². The molecule has 0 aliphatic carbocycles. The summed E-state index contributed by atoms with van der Waals surface area (Å²) in [5.74, 6) is -4.63. The number of primary amides is 1. The maximum absolute atomic E-state index is 13.2. The van der Waals surface area contributed by atoms with Crippen molar-refractivity contribution >= 4 is 35.6 Å². The smallest absolute Gasteiger partial charge is 0.326 e. The molecule has 0 saturated heterocycles. The van der Waals surface area contributed by atoms with E-state index in [1.807, 2.05) is 30.3 Å². The van der Waals surface area contributed by atoms with Gasteiger partial charge in [-0.15, -0.1) is 0 Å². The van der Waals surface area contributed by atoms with E-state index < -0.39 is 59.7 Å². The molecule has 0 aliphatic rings. The number of carboxylic acids is 1. The Hall–Kier alpha value is -4.20. The average Bonchev–Trinajstić information content (AvgIpc) is 2.86. The van der Waals surface area contributed by atoms with Crippen LogP contribution < -0.4 is 38.9 Å². The molecule has 1 aromatic rings. The standard InChI is InChI=1S/C25H40N8O6/c1-14(2)20(23(37)32-18(24(38)39)10-11-19(27)34)33-22(36)17(9-6-12-30-25(28)29)31-21(35)16(26)13-15-7-4-3-5-8-15/h3-5,7-8,14,16-18,20H,6,9-13,26H2,1-2H3,(H2,27,34)(H,31,35)(H,32,37)(H,33,36)(H,38,39)(H4,28,29,30). The van der Waals surface area contributed by atoms with Crippen LogP contribution in [0.5, 0.6) is 0 Å². The highest BCUT2D eigenvalue weighted by atomic mass is 16.4. The lowest BCUT2D eigenvalue weighted by atomic mass is 10.0. The van der Waals surface area contributed by atoms with Crippen LogP contribution in [0.2, 0.25) is 0 Å². The molecule has 14 heteroatoms. The van der Waals surface area contributed by atoms with Gasteiger partial charge in [0, 0.05) is 13.0 Å². The fourth-order valence-corrected chi connectivity index (χ4v) is 3.61. The van der Waals surface area contributed by atoms with E-state index in [0.29, 0.717) is 6.42 Å². The second-order valence-corrected chi connectivity index (χ2v) is 9.44. The van der Waals surface area contributed by atoms with Gasteiger partial charge in [-0.05, 0) is 37.2 Å². The van der Waals surface area contributed by atoms with Gasteiger partial charge in [0.15, 0.2) is 5.96 Å². The van der Waals surface area contributed by atoms with Crippen molar-refractivity contribution in [2.75, 3.05) is 6.54 Å². The highest BCUT2D eigenvalue weighted by Gasteiger charge is 2.32. The summed E-state index contributed by atoms with van der Waals surface area (Å²) in [4.78, 5) is 65.4. The molecule has 1 aromatic carbocycles. The van der Waals surface area contributed by atoms with Crippen LogP contribution in [0.4, 0.5) is 0 Å². The van der Waals surface area contributed by atoms with E-state index in [9.17, 15) is 29.1 Å². The SMILES string of the molecule is CC(C)C(NC(=O)C(CCCN=C(N)N)NC(=O)C(N)Cc1ccccc1)C(=O)NC(CCC(N)=O)C(=O)O. The molecule has 4 amide bonds. The molecule has 0 bridgehead atoms. The Morgan fingerprint density at radius 3 is 2.03 bits per heavy atom. The normalized spacial score (nSPS) is 13.8. The average molecular weight is 549 g/mol. The number of nitrogens with two attached hydrogens (primary N) is 4. The molecule has 12 N–H and O–H groups in total.